The first-order chi connectivity index (χ1) is 10.3. The summed E-state index contributed by atoms with van der Waals surface area (Å²) in [4.78, 5) is 8.37. The van der Waals surface area contributed by atoms with E-state index in [1.165, 1.54) is 16.7 Å². The Morgan fingerprint density at radius 1 is 0.810 bits per heavy atom. The molecule has 3 nitrogen and oxygen atoms in total. The van der Waals surface area contributed by atoms with E-state index in [-0.39, 0.29) is 0 Å². The van der Waals surface area contributed by atoms with E-state index in [1.807, 2.05) is 6.07 Å². The average molecular weight is 340 g/mol. The van der Waals surface area contributed by atoms with Gasteiger partial charge in [0, 0.05) is 6.54 Å². The van der Waals surface area contributed by atoms with E-state index in [0.717, 1.165) is 17.0 Å². The van der Waals surface area contributed by atoms with Crippen LogP contribution in [-0.4, -0.2) is 9.97 Å². The van der Waals surface area contributed by atoms with Gasteiger partial charge in [-0.1, -0.05) is 54.6 Å². The van der Waals surface area contributed by atoms with Gasteiger partial charge in [0.05, 0.1) is 12.4 Å². The minimum absolute atomic E-state index is 0.728. The molecule has 3 rings (SSSR count). The molecule has 0 aliphatic heterocycles. The fourth-order valence-corrected chi connectivity index (χ4v) is 2.25. The van der Waals surface area contributed by atoms with E-state index >= 15 is 0 Å². The zero-order valence-electron chi connectivity index (χ0n) is 11.3. The average Bonchev–Trinajstić information content (AvgIpc) is 2.56. The molecule has 21 heavy (non-hydrogen) atoms. The first kappa shape index (κ1) is 13.8. The van der Waals surface area contributed by atoms with Crippen molar-refractivity contribution >= 4 is 21.7 Å². The summed E-state index contributed by atoms with van der Waals surface area (Å²) in [6.07, 6.45) is 3.39. The van der Waals surface area contributed by atoms with Crippen LogP contribution in [0.15, 0.2) is 71.6 Å². The van der Waals surface area contributed by atoms with Crippen molar-refractivity contribution in [3.05, 3.63) is 77.2 Å². The van der Waals surface area contributed by atoms with Crippen LogP contribution in [0.4, 0.5) is 5.82 Å². The van der Waals surface area contributed by atoms with Crippen LogP contribution < -0.4 is 5.32 Å². The number of hydrogen-bond donors (Lipinski definition) is 1. The van der Waals surface area contributed by atoms with E-state index in [0.29, 0.717) is 0 Å². The lowest BCUT2D eigenvalue weighted by molar-refractivity contribution is 1.08. The van der Waals surface area contributed by atoms with Crippen molar-refractivity contribution in [3.63, 3.8) is 0 Å². The lowest BCUT2D eigenvalue weighted by atomic mass is 10.0. The van der Waals surface area contributed by atoms with Crippen molar-refractivity contribution in [2.45, 2.75) is 6.54 Å². The molecule has 0 aliphatic carbocycles. The number of anilines is 1. The molecule has 104 valence electrons. The van der Waals surface area contributed by atoms with Crippen molar-refractivity contribution in [3.8, 4) is 11.1 Å². The molecule has 0 radical (unpaired) electrons. The number of rotatable bonds is 4. The Morgan fingerprint density at radius 3 is 2.19 bits per heavy atom. The Labute approximate surface area is 132 Å². The zero-order valence-corrected chi connectivity index (χ0v) is 12.9. The maximum atomic E-state index is 4.24. The Kier molecular flexibility index (Phi) is 4.26. The monoisotopic (exact) mass is 339 g/mol. The summed E-state index contributed by atoms with van der Waals surface area (Å²) >= 11 is 3.27. The van der Waals surface area contributed by atoms with Crippen molar-refractivity contribution in [2.24, 2.45) is 0 Å². The van der Waals surface area contributed by atoms with Crippen LogP contribution in [0.2, 0.25) is 0 Å². The standard InChI is InChI=1S/C17H14BrN3/c18-16-11-21-17(12-19-16)20-10-13-6-8-15(9-7-13)14-4-2-1-3-5-14/h1-9,11-12H,10H2,(H,20,21). The number of halogens is 1. The number of nitrogens with zero attached hydrogens (tertiary/aromatic N) is 2. The minimum Gasteiger partial charge on any atom is -0.365 e. The largest absolute Gasteiger partial charge is 0.365 e. The molecule has 0 spiro atoms. The highest BCUT2D eigenvalue weighted by atomic mass is 79.9. The molecule has 0 amide bonds. The van der Waals surface area contributed by atoms with Gasteiger partial charge in [-0.2, -0.15) is 0 Å². The van der Waals surface area contributed by atoms with Gasteiger partial charge < -0.3 is 5.32 Å². The Bertz CT molecular complexity index is 694. The molecule has 1 N–H and O–H groups in total. The van der Waals surface area contributed by atoms with E-state index < -0.39 is 0 Å². The molecule has 0 unspecified atom stereocenters. The second kappa shape index (κ2) is 6.50. The lowest BCUT2D eigenvalue weighted by Crippen LogP contribution is -2.01. The fraction of sp³-hybridized carbons (Fsp3) is 0.0588. The lowest BCUT2D eigenvalue weighted by Gasteiger charge is -2.07. The predicted molar refractivity (Wildman–Crippen MR) is 88.9 cm³/mol. The third-order valence-corrected chi connectivity index (χ3v) is 3.56. The molecule has 3 aromatic rings. The Balaban J connectivity index is 1.66. The molecule has 1 heterocycles. The first-order valence-electron chi connectivity index (χ1n) is 6.67. The molecule has 0 atom stereocenters. The fourth-order valence-electron chi connectivity index (χ4n) is 2.04. The molecule has 1 aromatic heterocycles. The van der Waals surface area contributed by atoms with Gasteiger partial charge in [0.15, 0.2) is 0 Å². The molecular formula is C17H14BrN3. The van der Waals surface area contributed by atoms with Gasteiger partial charge in [0.2, 0.25) is 0 Å². The van der Waals surface area contributed by atoms with Gasteiger partial charge in [-0.15, -0.1) is 0 Å². The minimum atomic E-state index is 0.728. The van der Waals surface area contributed by atoms with Crippen molar-refractivity contribution in [1.29, 1.82) is 0 Å². The second-order valence-electron chi connectivity index (χ2n) is 4.64. The molecule has 0 bridgehead atoms. The van der Waals surface area contributed by atoms with Gasteiger partial charge >= 0.3 is 0 Å². The summed E-state index contributed by atoms with van der Waals surface area (Å²) in [6, 6.07) is 18.9. The summed E-state index contributed by atoms with van der Waals surface area (Å²) in [7, 11) is 0. The Hall–Kier alpha value is -2.20. The second-order valence-corrected chi connectivity index (χ2v) is 5.45. The summed E-state index contributed by atoms with van der Waals surface area (Å²) in [5.41, 5.74) is 3.66. The highest BCUT2D eigenvalue weighted by Crippen LogP contribution is 2.19. The van der Waals surface area contributed by atoms with E-state index in [9.17, 15) is 0 Å². The summed E-state index contributed by atoms with van der Waals surface area (Å²) in [6.45, 7) is 0.728. The summed E-state index contributed by atoms with van der Waals surface area (Å²) < 4.78 is 0.736. The van der Waals surface area contributed by atoms with Crippen molar-refractivity contribution < 1.29 is 0 Å². The number of nitrogens with one attached hydrogen (secondary N) is 1. The van der Waals surface area contributed by atoms with E-state index in [4.69, 9.17) is 0 Å². The normalized spacial score (nSPS) is 10.3. The predicted octanol–water partition coefficient (Wildman–Crippen LogP) is 4.52. The molecule has 0 saturated heterocycles. The van der Waals surface area contributed by atoms with Gasteiger partial charge in [-0.25, -0.2) is 9.97 Å². The van der Waals surface area contributed by atoms with Gasteiger partial charge in [0.1, 0.15) is 10.4 Å². The zero-order chi connectivity index (χ0) is 14.5. The smallest absolute Gasteiger partial charge is 0.144 e. The van der Waals surface area contributed by atoms with Crippen LogP contribution in [0.1, 0.15) is 5.56 Å². The van der Waals surface area contributed by atoms with Gasteiger partial charge in [-0.3, -0.25) is 0 Å². The maximum Gasteiger partial charge on any atom is 0.144 e. The van der Waals surface area contributed by atoms with Crippen LogP contribution in [0.25, 0.3) is 11.1 Å². The first-order valence-corrected chi connectivity index (χ1v) is 7.46. The Morgan fingerprint density at radius 2 is 1.52 bits per heavy atom. The molecule has 4 heteroatoms. The van der Waals surface area contributed by atoms with Gasteiger partial charge in [-0.05, 0) is 32.6 Å². The summed E-state index contributed by atoms with van der Waals surface area (Å²) in [5, 5.41) is 3.25. The van der Waals surface area contributed by atoms with Crippen LogP contribution in [0.3, 0.4) is 0 Å². The van der Waals surface area contributed by atoms with Crippen molar-refractivity contribution in [1.82, 2.24) is 9.97 Å². The SMILES string of the molecule is Brc1cnc(NCc2ccc(-c3ccccc3)cc2)cn1. The maximum absolute atomic E-state index is 4.24. The quantitative estimate of drug-likeness (QED) is 0.759. The third kappa shape index (κ3) is 3.67. The molecule has 2 aromatic carbocycles. The van der Waals surface area contributed by atoms with E-state index in [1.54, 1.807) is 12.4 Å². The molecule has 0 aliphatic rings. The van der Waals surface area contributed by atoms with Gasteiger partial charge in [0.25, 0.3) is 0 Å². The third-order valence-electron chi connectivity index (χ3n) is 3.16. The van der Waals surface area contributed by atoms with E-state index in [2.05, 4.69) is 79.7 Å². The molecule has 0 fully saturated rings. The highest BCUT2D eigenvalue weighted by Gasteiger charge is 1.99. The van der Waals surface area contributed by atoms with Crippen LogP contribution >= 0.6 is 15.9 Å². The number of benzene rings is 2. The van der Waals surface area contributed by atoms with Crippen molar-refractivity contribution in [2.75, 3.05) is 5.32 Å². The summed E-state index contributed by atoms with van der Waals surface area (Å²) in [5.74, 6) is 0.769. The molecular weight excluding hydrogens is 326 g/mol. The van der Waals surface area contributed by atoms with Crippen LogP contribution in [0, 0.1) is 0 Å². The van der Waals surface area contributed by atoms with Crippen LogP contribution in [-0.2, 0) is 6.54 Å². The number of aromatic nitrogens is 2. The number of hydrogen-bond acceptors (Lipinski definition) is 3. The molecule has 0 saturated carbocycles. The van der Waals surface area contributed by atoms with Crippen LogP contribution in [0.5, 0.6) is 0 Å². The highest BCUT2D eigenvalue weighted by molar-refractivity contribution is 9.10. The topological polar surface area (TPSA) is 37.8 Å².